The molecule has 0 radical (unpaired) electrons. The third-order valence-electron chi connectivity index (χ3n) is 2.78. The van der Waals surface area contributed by atoms with E-state index in [1.54, 1.807) is 6.20 Å². The van der Waals surface area contributed by atoms with Crippen LogP contribution in [-0.2, 0) is 6.54 Å². The Balaban J connectivity index is 2.44. The molecule has 0 atom stereocenters. The van der Waals surface area contributed by atoms with Crippen molar-refractivity contribution in [2.45, 2.75) is 13.5 Å². The second-order valence-electron chi connectivity index (χ2n) is 4.07. The van der Waals surface area contributed by atoms with Crippen molar-refractivity contribution in [1.29, 1.82) is 0 Å². The zero-order valence-corrected chi connectivity index (χ0v) is 9.90. The third kappa shape index (κ3) is 2.38. The summed E-state index contributed by atoms with van der Waals surface area (Å²) >= 11 is 0. The number of rotatable bonds is 4. The van der Waals surface area contributed by atoms with Gasteiger partial charge in [0.15, 0.2) is 0 Å². The molecule has 2 rings (SSSR count). The first-order chi connectivity index (χ1) is 8.24. The van der Waals surface area contributed by atoms with Crippen LogP contribution in [0.25, 0.3) is 10.9 Å². The monoisotopic (exact) mass is 231 g/mol. The van der Waals surface area contributed by atoms with Crippen LogP contribution < -0.4 is 11.1 Å². The predicted octanol–water partition coefficient (Wildman–Crippen LogP) is 1.30. The average Bonchev–Trinajstić information content (AvgIpc) is 2.36. The van der Waals surface area contributed by atoms with Crippen molar-refractivity contribution >= 4 is 10.9 Å². The minimum absolute atomic E-state index is 0.267. The van der Waals surface area contributed by atoms with E-state index < -0.39 is 0 Å². The highest BCUT2D eigenvalue weighted by molar-refractivity contribution is 5.88. The molecule has 1 heterocycles. The summed E-state index contributed by atoms with van der Waals surface area (Å²) in [6.07, 6.45) is 1.69. The van der Waals surface area contributed by atoms with Crippen LogP contribution in [0.1, 0.15) is 11.1 Å². The fourth-order valence-corrected chi connectivity index (χ4v) is 1.92. The largest absolute Gasteiger partial charge is 0.505 e. The predicted molar refractivity (Wildman–Crippen MR) is 68.9 cm³/mol. The summed E-state index contributed by atoms with van der Waals surface area (Å²) in [4.78, 5) is 4.23. The van der Waals surface area contributed by atoms with Gasteiger partial charge in [-0.3, -0.25) is 4.98 Å². The van der Waals surface area contributed by atoms with Crippen LogP contribution in [0.5, 0.6) is 5.75 Å². The van der Waals surface area contributed by atoms with Crippen LogP contribution in [0.3, 0.4) is 0 Å². The SMILES string of the molecule is Cc1cc(CNCCN)c2cccnc2c1O. The quantitative estimate of drug-likeness (QED) is 0.694. The van der Waals surface area contributed by atoms with Crippen LogP contribution in [0, 0.1) is 6.92 Å². The number of benzene rings is 1. The molecule has 0 saturated heterocycles. The highest BCUT2D eigenvalue weighted by Gasteiger charge is 2.08. The van der Waals surface area contributed by atoms with E-state index >= 15 is 0 Å². The molecule has 0 aliphatic carbocycles. The molecule has 4 N–H and O–H groups in total. The smallest absolute Gasteiger partial charge is 0.144 e. The van der Waals surface area contributed by atoms with Crippen LogP contribution in [-0.4, -0.2) is 23.2 Å². The molecule has 17 heavy (non-hydrogen) atoms. The molecule has 0 unspecified atom stereocenters. The summed E-state index contributed by atoms with van der Waals surface area (Å²) in [6.45, 7) is 4.02. The van der Waals surface area contributed by atoms with Gasteiger partial charge in [0, 0.05) is 31.2 Å². The molecule has 0 saturated carbocycles. The van der Waals surface area contributed by atoms with Crippen LogP contribution in [0.2, 0.25) is 0 Å². The maximum Gasteiger partial charge on any atom is 0.144 e. The average molecular weight is 231 g/mol. The van der Waals surface area contributed by atoms with Crippen molar-refractivity contribution in [3.63, 3.8) is 0 Å². The van der Waals surface area contributed by atoms with E-state index in [4.69, 9.17) is 5.73 Å². The second kappa shape index (κ2) is 5.12. The summed E-state index contributed by atoms with van der Waals surface area (Å²) in [6, 6.07) is 5.84. The molecular formula is C13H17N3O. The Bertz CT molecular complexity index is 525. The van der Waals surface area contributed by atoms with Gasteiger partial charge in [0.25, 0.3) is 0 Å². The van der Waals surface area contributed by atoms with Gasteiger partial charge < -0.3 is 16.2 Å². The Hall–Kier alpha value is -1.65. The Labute approximate surface area is 100 Å². The van der Waals surface area contributed by atoms with Crippen LogP contribution in [0.4, 0.5) is 0 Å². The molecule has 0 fully saturated rings. The molecule has 1 aromatic carbocycles. The van der Waals surface area contributed by atoms with Gasteiger partial charge in [0.2, 0.25) is 0 Å². The number of phenols is 1. The van der Waals surface area contributed by atoms with Crippen molar-refractivity contribution in [2.75, 3.05) is 13.1 Å². The van der Waals surface area contributed by atoms with Crippen molar-refractivity contribution in [2.24, 2.45) is 5.73 Å². The summed E-state index contributed by atoms with van der Waals surface area (Å²) in [5, 5.41) is 14.2. The zero-order valence-electron chi connectivity index (χ0n) is 9.90. The fourth-order valence-electron chi connectivity index (χ4n) is 1.92. The lowest BCUT2D eigenvalue weighted by Gasteiger charge is -2.10. The molecule has 0 aliphatic heterocycles. The number of pyridine rings is 1. The standard InChI is InChI=1S/C13H17N3O/c1-9-7-10(8-15-6-4-14)11-3-2-5-16-12(11)13(9)17/h2-3,5,7,15,17H,4,6,8,14H2,1H3. The lowest BCUT2D eigenvalue weighted by atomic mass is 10.0. The Morgan fingerprint density at radius 2 is 2.29 bits per heavy atom. The summed E-state index contributed by atoms with van der Waals surface area (Å²) in [7, 11) is 0. The number of aryl methyl sites for hydroxylation is 1. The summed E-state index contributed by atoms with van der Waals surface area (Å²) < 4.78 is 0. The highest BCUT2D eigenvalue weighted by atomic mass is 16.3. The fraction of sp³-hybridized carbons (Fsp3) is 0.308. The molecule has 90 valence electrons. The summed E-state index contributed by atoms with van der Waals surface area (Å²) in [5.74, 6) is 0.267. The number of aromatic hydroxyl groups is 1. The van der Waals surface area contributed by atoms with Gasteiger partial charge in [0.05, 0.1) is 0 Å². The van der Waals surface area contributed by atoms with Gasteiger partial charge in [-0.1, -0.05) is 12.1 Å². The number of hydrogen-bond acceptors (Lipinski definition) is 4. The van der Waals surface area contributed by atoms with Crippen molar-refractivity contribution in [3.05, 3.63) is 35.5 Å². The normalized spacial score (nSPS) is 10.9. The molecule has 4 nitrogen and oxygen atoms in total. The number of hydrogen-bond donors (Lipinski definition) is 3. The van der Waals surface area contributed by atoms with Gasteiger partial charge in [-0.05, 0) is 24.1 Å². The van der Waals surface area contributed by atoms with E-state index in [1.165, 1.54) is 0 Å². The van der Waals surface area contributed by atoms with E-state index in [0.29, 0.717) is 12.1 Å². The second-order valence-corrected chi connectivity index (χ2v) is 4.07. The maximum atomic E-state index is 9.95. The molecular weight excluding hydrogens is 214 g/mol. The minimum Gasteiger partial charge on any atom is -0.505 e. The lowest BCUT2D eigenvalue weighted by Crippen LogP contribution is -2.22. The van der Waals surface area contributed by atoms with E-state index in [1.807, 2.05) is 25.1 Å². The number of nitrogens with one attached hydrogen (secondary N) is 1. The molecule has 2 aromatic rings. The molecule has 4 heteroatoms. The number of nitrogens with two attached hydrogens (primary N) is 1. The number of fused-ring (bicyclic) bond motifs is 1. The van der Waals surface area contributed by atoms with Crippen molar-refractivity contribution in [3.8, 4) is 5.75 Å². The molecule has 0 spiro atoms. The zero-order chi connectivity index (χ0) is 12.3. The molecule has 0 bridgehead atoms. The number of aromatic nitrogens is 1. The number of phenolic OH excluding ortho intramolecular Hbond substituents is 1. The maximum absolute atomic E-state index is 9.95. The first-order valence-electron chi connectivity index (χ1n) is 5.71. The van der Waals surface area contributed by atoms with Crippen LogP contribution >= 0.6 is 0 Å². The van der Waals surface area contributed by atoms with E-state index in [-0.39, 0.29) is 5.75 Å². The number of nitrogens with zero attached hydrogens (tertiary/aromatic N) is 1. The van der Waals surface area contributed by atoms with Crippen LogP contribution in [0.15, 0.2) is 24.4 Å². The lowest BCUT2D eigenvalue weighted by molar-refractivity contribution is 0.476. The van der Waals surface area contributed by atoms with Gasteiger partial charge in [-0.2, -0.15) is 0 Å². The minimum atomic E-state index is 0.267. The Morgan fingerprint density at radius 1 is 1.47 bits per heavy atom. The van der Waals surface area contributed by atoms with Crippen molar-refractivity contribution in [1.82, 2.24) is 10.3 Å². The van der Waals surface area contributed by atoms with Crippen molar-refractivity contribution < 1.29 is 5.11 Å². The first-order valence-corrected chi connectivity index (χ1v) is 5.71. The third-order valence-corrected chi connectivity index (χ3v) is 2.78. The molecule has 1 aromatic heterocycles. The van der Waals surface area contributed by atoms with Gasteiger partial charge in [-0.25, -0.2) is 0 Å². The van der Waals surface area contributed by atoms with Gasteiger partial charge in [-0.15, -0.1) is 0 Å². The molecule has 0 aliphatic rings. The molecule has 0 amide bonds. The Morgan fingerprint density at radius 3 is 3.06 bits per heavy atom. The van der Waals surface area contributed by atoms with E-state index in [0.717, 1.165) is 29.6 Å². The van der Waals surface area contributed by atoms with E-state index in [9.17, 15) is 5.11 Å². The highest BCUT2D eigenvalue weighted by Crippen LogP contribution is 2.29. The first kappa shape index (κ1) is 11.8. The van der Waals surface area contributed by atoms with E-state index in [2.05, 4.69) is 10.3 Å². The topological polar surface area (TPSA) is 71.2 Å². The summed E-state index contributed by atoms with van der Waals surface area (Å²) in [5.41, 5.74) is 8.09. The van der Waals surface area contributed by atoms with Gasteiger partial charge >= 0.3 is 0 Å². The van der Waals surface area contributed by atoms with Gasteiger partial charge in [0.1, 0.15) is 11.3 Å². The Kier molecular flexibility index (Phi) is 3.56.